The van der Waals surface area contributed by atoms with Crippen molar-refractivity contribution in [2.24, 2.45) is 11.8 Å². The zero-order valence-corrected chi connectivity index (χ0v) is 13.0. The van der Waals surface area contributed by atoms with E-state index in [1.54, 1.807) is 0 Å². The molecule has 3 unspecified atom stereocenters. The topological polar surface area (TPSA) is 60.9 Å². The number of nitrogens with zero attached hydrogens (tertiary/aromatic N) is 2. The smallest absolute Gasteiger partial charge is 0.228 e. The van der Waals surface area contributed by atoms with Gasteiger partial charge in [0.2, 0.25) is 11.8 Å². The van der Waals surface area contributed by atoms with Crippen molar-refractivity contribution in [1.29, 1.82) is 0 Å². The van der Waals surface area contributed by atoms with E-state index in [2.05, 4.69) is 13.8 Å². The van der Waals surface area contributed by atoms with Crippen LogP contribution in [0.1, 0.15) is 46.0 Å². The highest BCUT2D eigenvalue weighted by Crippen LogP contribution is 2.37. The summed E-state index contributed by atoms with van der Waals surface area (Å²) in [5.41, 5.74) is 0. The summed E-state index contributed by atoms with van der Waals surface area (Å²) in [5.74, 6) is 0.527. The molecule has 0 aromatic carbocycles. The predicted octanol–water partition coefficient (Wildman–Crippen LogP) is 1.01. The van der Waals surface area contributed by atoms with Gasteiger partial charge < -0.3 is 14.9 Å². The van der Waals surface area contributed by atoms with E-state index in [9.17, 15) is 14.7 Å². The van der Waals surface area contributed by atoms with Gasteiger partial charge >= 0.3 is 0 Å². The summed E-state index contributed by atoms with van der Waals surface area (Å²) in [6.07, 6.45) is 3.53. The Labute approximate surface area is 126 Å². The monoisotopic (exact) mass is 294 g/mol. The summed E-state index contributed by atoms with van der Waals surface area (Å²) >= 11 is 0. The average molecular weight is 294 g/mol. The van der Waals surface area contributed by atoms with E-state index in [1.165, 1.54) is 0 Å². The van der Waals surface area contributed by atoms with Gasteiger partial charge in [-0.2, -0.15) is 0 Å². The Morgan fingerprint density at radius 1 is 1.29 bits per heavy atom. The molecule has 5 heteroatoms. The Morgan fingerprint density at radius 3 is 2.48 bits per heavy atom. The molecule has 3 aliphatic rings. The van der Waals surface area contributed by atoms with Crippen LogP contribution in [0.4, 0.5) is 0 Å². The van der Waals surface area contributed by atoms with Gasteiger partial charge in [-0.3, -0.25) is 9.59 Å². The maximum atomic E-state index is 12.8. The van der Waals surface area contributed by atoms with Crippen LogP contribution in [0.2, 0.25) is 0 Å². The van der Waals surface area contributed by atoms with Crippen molar-refractivity contribution in [3.05, 3.63) is 0 Å². The fraction of sp³-hybridized carbons (Fsp3) is 0.875. The lowest BCUT2D eigenvalue weighted by atomic mass is 9.97. The molecule has 3 saturated heterocycles. The normalized spacial score (nSPS) is 35.9. The molecule has 2 bridgehead atoms. The Hall–Kier alpha value is -1.10. The molecule has 3 atom stereocenters. The van der Waals surface area contributed by atoms with Crippen LogP contribution in [0.25, 0.3) is 0 Å². The van der Waals surface area contributed by atoms with E-state index >= 15 is 0 Å². The van der Waals surface area contributed by atoms with Gasteiger partial charge in [0.05, 0.1) is 12.0 Å². The number of fused-ring (bicyclic) bond motifs is 2. The molecule has 3 aliphatic heterocycles. The van der Waals surface area contributed by atoms with Crippen molar-refractivity contribution in [3.63, 3.8) is 0 Å². The second-order valence-electron chi connectivity index (χ2n) is 7.35. The van der Waals surface area contributed by atoms with Gasteiger partial charge in [-0.15, -0.1) is 0 Å². The van der Waals surface area contributed by atoms with Crippen LogP contribution < -0.4 is 0 Å². The van der Waals surface area contributed by atoms with Crippen LogP contribution in [-0.2, 0) is 9.59 Å². The maximum absolute atomic E-state index is 12.8. The molecular formula is C16H26N2O3. The first kappa shape index (κ1) is 14.8. The first-order valence-corrected chi connectivity index (χ1v) is 8.23. The largest absolute Gasteiger partial charge is 0.393 e. The van der Waals surface area contributed by atoms with Gasteiger partial charge in [-0.05, 0) is 31.6 Å². The molecule has 0 spiro atoms. The SMILES string of the molecule is CC(C)CN1CC(C(=O)N2C3CCC2CC(O)C3)CC1=O. The van der Waals surface area contributed by atoms with Crippen LogP contribution in [0, 0.1) is 11.8 Å². The van der Waals surface area contributed by atoms with Gasteiger partial charge in [0.1, 0.15) is 0 Å². The number of amides is 2. The van der Waals surface area contributed by atoms with Crippen LogP contribution in [0.15, 0.2) is 0 Å². The minimum absolute atomic E-state index is 0.117. The summed E-state index contributed by atoms with van der Waals surface area (Å²) in [5, 5.41) is 9.84. The van der Waals surface area contributed by atoms with Crippen LogP contribution in [-0.4, -0.2) is 58.0 Å². The molecule has 0 aliphatic carbocycles. The Kier molecular flexibility index (Phi) is 3.95. The van der Waals surface area contributed by atoms with E-state index in [1.807, 2.05) is 9.80 Å². The number of carbonyl (C=O) groups is 2. The van der Waals surface area contributed by atoms with E-state index in [4.69, 9.17) is 0 Å². The number of piperidine rings is 1. The Balaban J connectivity index is 1.65. The standard InChI is InChI=1S/C16H26N2O3/c1-10(2)8-17-9-11(5-15(17)20)16(21)18-12-3-4-13(18)7-14(19)6-12/h10-14,19H,3-9H2,1-2H3. The van der Waals surface area contributed by atoms with Crippen molar-refractivity contribution in [2.45, 2.75) is 64.1 Å². The third kappa shape index (κ3) is 2.80. The Bertz CT molecular complexity index is 423. The third-order valence-corrected chi connectivity index (χ3v) is 5.11. The summed E-state index contributed by atoms with van der Waals surface area (Å²) in [6.45, 7) is 5.51. The van der Waals surface area contributed by atoms with Crippen LogP contribution in [0.5, 0.6) is 0 Å². The van der Waals surface area contributed by atoms with Gasteiger partial charge in [-0.1, -0.05) is 13.8 Å². The second-order valence-corrected chi connectivity index (χ2v) is 7.35. The number of rotatable bonds is 3. The molecule has 3 heterocycles. The first-order chi connectivity index (χ1) is 9.95. The van der Waals surface area contributed by atoms with E-state index in [-0.39, 0.29) is 35.9 Å². The van der Waals surface area contributed by atoms with E-state index in [0.717, 1.165) is 19.4 Å². The lowest BCUT2D eigenvalue weighted by Gasteiger charge is -2.38. The molecule has 0 aromatic heterocycles. The van der Waals surface area contributed by atoms with Crippen molar-refractivity contribution in [3.8, 4) is 0 Å². The molecule has 21 heavy (non-hydrogen) atoms. The van der Waals surface area contributed by atoms with E-state index < -0.39 is 0 Å². The van der Waals surface area contributed by atoms with Crippen molar-refractivity contribution >= 4 is 11.8 Å². The third-order valence-electron chi connectivity index (χ3n) is 5.11. The van der Waals surface area contributed by atoms with Crippen molar-refractivity contribution in [2.75, 3.05) is 13.1 Å². The zero-order valence-electron chi connectivity index (χ0n) is 13.0. The number of aliphatic hydroxyl groups excluding tert-OH is 1. The summed E-state index contributed by atoms with van der Waals surface area (Å²) < 4.78 is 0. The summed E-state index contributed by atoms with van der Waals surface area (Å²) in [4.78, 5) is 28.7. The van der Waals surface area contributed by atoms with Crippen molar-refractivity contribution in [1.82, 2.24) is 9.80 Å². The molecule has 0 radical (unpaired) electrons. The predicted molar refractivity (Wildman–Crippen MR) is 78.4 cm³/mol. The second kappa shape index (κ2) is 5.59. The summed E-state index contributed by atoms with van der Waals surface area (Å²) in [7, 11) is 0. The quantitative estimate of drug-likeness (QED) is 0.845. The average Bonchev–Trinajstić information content (AvgIpc) is 2.88. The number of aliphatic hydroxyl groups is 1. The number of likely N-dealkylation sites (tertiary alicyclic amines) is 1. The van der Waals surface area contributed by atoms with Gasteiger partial charge in [0, 0.05) is 31.6 Å². The number of hydrogen-bond acceptors (Lipinski definition) is 3. The molecule has 5 nitrogen and oxygen atoms in total. The Morgan fingerprint density at radius 2 is 1.90 bits per heavy atom. The highest BCUT2D eigenvalue weighted by Gasteiger charge is 2.46. The fourth-order valence-corrected chi connectivity index (χ4v) is 4.27. The molecule has 2 amide bonds. The highest BCUT2D eigenvalue weighted by molar-refractivity contribution is 5.89. The van der Waals surface area contributed by atoms with E-state index in [0.29, 0.717) is 31.7 Å². The van der Waals surface area contributed by atoms with Gasteiger partial charge in [-0.25, -0.2) is 0 Å². The molecule has 1 N–H and O–H groups in total. The van der Waals surface area contributed by atoms with Gasteiger partial charge in [0.25, 0.3) is 0 Å². The lowest BCUT2D eigenvalue weighted by Crippen LogP contribution is -2.50. The molecular weight excluding hydrogens is 268 g/mol. The zero-order chi connectivity index (χ0) is 15.1. The first-order valence-electron chi connectivity index (χ1n) is 8.23. The molecule has 3 fully saturated rings. The highest BCUT2D eigenvalue weighted by atomic mass is 16.3. The molecule has 0 aromatic rings. The number of carbonyl (C=O) groups excluding carboxylic acids is 2. The minimum Gasteiger partial charge on any atom is -0.393 e. The van der Waals surface area contributed by atoms with Crippen LogP contribution >= 0.6 is 0 Å². The van der Waals surface area contributed by atoms with Crippen LogP contribution in [0.3, 0.4) is 0 Å². The maximum Gasteiger partial charge on any atom is 0.228 e. The number of hydrogen-bond donors (Lipinski definition) is 1. The fourth-order valence-electron chi connectivity index (χ4n) is 4.27. The molecule has 3 rings (SSSR count). The lowest BCUT2D eigenvalue weighted by molar-refractivity contribution is -0.141. The summed E-state index contributed by atoms with van der Waals surface area (Å²) in [6, 6.07) is 0.390. The van der Waals surface area contributed by atoms with Crippen molar-refractivity contribution < 1.29 is 14.7 Å². The minimum atomic E-state index is -0.255. The molecule has 0 saturated carbocycles. The van der Waals surface area contributed by atoms with Gasteiger partial charge in [0.15, 0.2) is 0 Å². The molecule has 118 valence electrons.